The van der Waals surface area contributed by atoms with Crippen molar-refractivity contribution < 1.29 is 9.59 Å². The van der Waals surface area contributed by atoms with Crippen molar-refractivity contribution in [2.75, 3.05) is 11.6 Å². The number of anilines is 1. The third-order valence-corrected chi connectivity index (χ3v) is 5.96. The summed E-state index contributed by atoms with van der Waals surface area (Å²) in [5, 5.41) is 6.92. The van der Waals surface area contributed by atoms with Crippen LogP contribution in [-0.2, 0) is 9.54 Å². The van der Waals surface area contributed by atoms with Gasteiger partial charge in [-0.3, -0.25) is 9.59 Å². The minimum atomic E-state index is -0.583. The Morgan fingerprint density at radius 1 is 1.38 bits per heavy atom. The van der Waals surface area contributed by atoms with Gasteiger partial charge < -0.3 is 5.32 Å². The molecule has 0 fully saturated rings. The van der Waals surface area contributed by atoms with Crippen LogP contribution in [0.1, 0.15) is 25.0 Å². The van der Waals surface area contributed by atoms with E-state index in [0.717, 1.165) is 22.5 Å². The lowest BCUT2D eigenvalue weighted by molar-refractivity contribution is -0.117. The molecule has 21 heavy (non-hydrogen) atoms. The molecule has 2 atom stereocenters. The van der Waals surface area contributed by atoms with Gasteiger partial charge in [-0.2, -0.15) is 5.10 Å². The van der Waals surface area contributed by atoms with Crippen LogP contribution >= 0.6 is 23.5 Å². The highest BCUT2D eigenvalue weighted by atomic mass is 32.2. The van der Waals surface area contributed by atoms with E-state index in [1.165, 1.54) is 23.5 Å². The molecule has 7 heteroatoms. The zero-order chi connectivity index (χ0) is 15.2. The highest BCUT2D eigenvalue weighted by Crippen LogP contribution is 2.45. The number of rotatable bonds is 2. The van der Waals surface area contributed by atoms with Crippen LogP contribution in [0.15, 0.2) is 23.3 Å². The Labute approximate surface area is 131 Å². The first-order valence-electron chi connectivity index (χ1n) is 6.51. The fraction of sp³-hybridized carbons (Fsp3) is 0.357. The number of nitrogens with one attached hydrogen (secondary N) is 2. The average molecular weight is 321 g/mol. The molecule has 0 aliphatic carbocycles. The number of carbonyl (C=O) groups excluding carboxylic acids is 2. The van der Waals surface area contributed by atoms with E-state index in [1.807, 2.05) is 38.3 Å². The Bertz CT molecular complexity index is 674. The van der Waals surface area contributed by atoms with Gasteiger partial charge in [0.25, 0.3) is 5.24 Å². The molecule has 3 rings (SSSR count). The number of amides is 2. The summed E-state index contributed by atoms with van der Waals surface area (Å²) in [5.74, 6) is 0.00320. The number of benzene rings is 1. The number of hydrazone groups is 1. The number of nitrogens with zero attached hydrogens (tertiary/aromatic N) is 1. The van der Waals surface area contributed by atoms with E-state index in [1.54, 1.807) is 0 Å². The third-order valence-electron chi connectivity index (χ3n) is 3.86. The molecule has 2 amide bonds. The van der Waals surface area contributed by atoms with Gasteiger partial charge >= 0.3 is 0 Å². The van der Waals surface area contributed by atoms with Gasteiger partial charge in [-0.25, -0.2) is 5.43 Å². The molecule has 5 nitrogen and oxygen atoms in total. The molecular weight excluding hydrogens is 306 g/mol. The van der Waals surface area contributed by atoms with Gasteiger partial charge in [0.1, 0.15) is 4.75 Å². The van der Waals surface area contributed by atoms with E-state index < -0.39 is 4.75 Å². The first kappa shape index (κ1) is 14.5. The summed E-state index contributed by atoms with van der Waals surface area (Å²) >= 11 is 2.73. The number of carbonyl (C=O) groups is 2. The predicted octanol–water partition coefficient (Wildman–Crippen LogP) is 2.77. The molecule has 2 unspecified atom stereocenters. The molecule has 1 aromatic carbocycles. The quantitative estimate of drug-likeness (QED) is 0.879. The maximum absolute atomic E-state index is 12.2. The van der Waals surface area contributed by atoms with Crippen LogP contribution in [0.3, 0.4) is 0 Å². The topological polar surface area (TPSA) is 70.6 Å². The SMILES string of the molecule is CSC1(C)C(=O)Nc2ccc(C3=NNC(=O)SC3C)cc21. The Balaban J connectivity index is 2.05. The van der Waals surface area contributed by atoms with Crippen LogP contribution < -0.4 is 10.7 Å². The highest BCUT2D eigenvalue weighted by Gasteiger charge is 2.42. The first-order valence-corrected chi connectivity index (χ1v) is 8.62. The number of hydrogen-bond acceptors (Lipinski definition) is 5. The van der Waals surface area contributed by atoms with Crippen molar-refractivity contribution in [3.8, 4) is 0 Å². The summed E-state index contributed by atoms with van der Waals surface area (Å²) in [7, 11) is 0. The molecular formula is C14H15N3O2S2. The van der Waals surface area contributed by atoms with E-state index in [-0.39, 0.29) is 16.4 Å². The molecule has 2 aliphatic rings. The molecule has 0 spiro atoms. The van der Waals surface area contributed by atoms with Crippen LogP contribution in [0.2, 0.25) is 0 Å². The van der Waals surface area contributed by atoms with Crippen LogP contribution in [-0.4, -0.2) is 28.4 Å². The number of hydrogen-bond donors (Lipinski definition) is 2. The lowest BCUT2D eigenvalue weighted by Gasteiger charge is -2.22. The average Bonchev–Trinajstić information content (AvgIpc) is 2.71. The molecule has 0 radical (unpaired) electrons. The van der Waals surface area contributed by atoms with Crippen molar-refractivity contribution in [1.29, 1.82) is 0 Å². The Morgan fingerprint density at radius 3 is 2.81 bits per heavy atom. The lowest BCUT2D eigenvalue weighted by Crippen LogP contribution is -2.30. The Hall–Kier alpha value is -1.47. The van der Waals surface area contributed by atoms with Gasteiger partial charge in [-0.1, -0.05) is 17.8 Å². The molecule has 0 bridgehead atoms. The van der Waals surface area contributed by atoms with Gasteiger partial charge in [0, 0.05) is 11.3 Å². The molecule has 0 aromatic heterocycles. The third kappa shape index (κ3) is 2.24. The second-order valence-corrected chi connectivity index (χ2v) is 7.65. The van der Waals surface area contributed by atoms with E-state index in [9.17, 15) is 9.59 Å². The molecule has 0 saturated heterocycles. The highest BCUT2D eigenvalue weighted by molar-refractivity contribution is 8.14. The van der Waals surface area contributed by atoms with Gasteiger partial charge in [0.05, 0.1) is 11.0 Å². The maximum Gasteiger partial charge on any atom is 0.299 e. The smallest absolute Gasteiger partial charge is 0.299 e. The predicted molar refractivity (Wildman–Crippen MR) is 88.1 cm³/mol. The maximum atomic E-state index is 12.2. The van der Waals surface area contributed by atoms with E-state index in [0.29, 0.717) is 0 Å². The zero-order valence-electron chi connectivity index (χ0n) is 11.9. The molecule has 2 N–H and O–H groups in total. The van der Waals surface area contributed by atoms with Crippen molar-refractivity contribution in [3.05, 3.63) is 29.3 Å². The fourth-order valence-corrected chi connectivity index (χ4v) is 3.86. The Kier molecular flexibility index (Phi) is 3.49. The second kappa shape index (κ2) is 5.06. The molecule has 2 heterocycles. The monoisotopic (exact) mass is 321 g/mol. The van der Waals surface area contributed by atoms with E-state index in [4.69, 9.17) is 0 Å². The summed E-state index contributed by atoms with van der Waals surface area (Å²) in [6.45, 7) is 3.87. The second-order valence-electron chi connectivity index (χ2n) is 5.11. The molecule has 2 aliphatic heterocycles. The van der Waals surface area contributed by atoms with Gasteiger partial charge in [0.2, 0.25) is 5.91 Å². The summed E-state index contributed by atoms with van der Waals surface area (Å²) in [6.07, 6.45) is 1.93. The lowest BCUT2D eigenvalue weighted by atomic mass is 9.97. The van der Waals surface area contributed by atoms with Crippen molar-refractivity contribution >= 4 is 46.1 Å². The minimum Gasteiger partial charge on any atom is -0.324 e. The zero-order valence-corrected chi connectivity index (χ0v) is 13.5. The van der Waals surface area contributed by atoms with Gasteiger partial charge in [-0.15, -0.1) is 11.8 Å². The standard InChI is InChI=1S/C14H15N3O2S2/c1-7-11(16-17-13(19)21-7)8-4-5-10-9(6-8)14(2,20-3)12(18)15-10/h4-7H,1-3H3,(H,15,18)(H,17,19). The Morgan fingerprint density at radius 2 is 2.14 bits per heavy atom. The van der Waals surface area contributed by atoms with Crippen molar-refractivity contribution in [2.24, 2.45) is 5.10 Å². The first-order chi connectivity index (χ1) is 9.95. The van der Waals surface area contributed by atoms with Crippen LogP contribution in [0, 0.1) is 0 Å². The summed E-state index contributed by atoms with van der Waals surface area (Å²) < 4.78 is -0.583. The molecule has 1 aromatic rings. The largest absolute Gasteiger partial charge is 0.324 e. The summed E-state index contributed by atoms with van der Waals surface area (Å²) in [5.41, 5.74) is 6.07. The van der Waals surface area contributed by atoms with E-state index in [2.05, 4.69) is 15.8 Å². The van der Waals surface area contributed by atoms with Crippen LogP contribution in [0.4, 0.5) is 10.5 Å². The summed E-state index contributed by atoms with van der Waals surface area (Å²) in [4.78, 5) is 23.5. The number of thioether (sulfide) groups is 2. The normalized spacial score (nSPS) is 27.8. The minimum absolute atomic E-state index is 0.00320. The van der Waals surface area contributed by atoms with Crippen molar-refractivity contribution in [2.45, 2.75) is 23.8 Å². The molecule has 110 valence electrons. The molecule has 0 saturated carbocycles. The summed E-state index contributed by atoms with van der Waals surface area (Å²) in [6, 6.07) is 5.83. The van der Waals surface area contributed by atoms with E-state index >= 15 is 0 Å². The van der Waals surface area contributed by atoms with Crippen LogP contribution in [0.25, 0.3) is 0 Å². The van der Waals surface area contributed by atoms with Gasteiger partial charge in [0.15, 0.2) is 0 Å². The van der Waals surface area contributed by atoms with Gasteiger partial charge in [-0.05, 0) is 37.8 Å². The van der Waals surface area contributed by atoms with Crippen molar-refractivity contribution in [1.82, 2.24) is 5.43 Å². The van der Waals surface area contributed by atoms with Crippen LogP contribution in [0.5, 0.6) is 0 Å². The number of fused-ring (bicyclic) bond motifs is 1. The fourth-order valence-electron chi connectivity index (χ4n) is 2.51. The van der Waals surface area contributed by atoms with Crippen molar-refractivity contribution in [3.63, 3.8) is 0 Å².